The lowest BCUT2D eigenvalue weighted by molar-refractivity contribution is -0.121. The summed E-state index contributed by atoms with van der Waals surface area (Å²) in [6, 6.07) is 8.72. The third-order valence-corrected chi connectivity index (χ3v) is 5.15. The highest BCUT2D eigenvalue weighted by Gasteiger charge is 2.32. The van der Waals surface area contributed by atoms with Crippen molar-refractivity contribution in [3.8, 4) is 11.5 Å². The molecule has 2 aromatic rings. The van der Waals surface area contributed by atoms with Gasteiger partial charge in [-0.25, -0.2) is 9.18 Å². The number of hydrogen-bond donors (Lipinski definition) is 2. The van der Waals surface area contributed by atoms with Gasteiger partial charge in [0, 0.05) is 25.2 Å². The molecule has 0 fully saturated rings. The second-order valence-electron chi connectivity index (χ2n) is 6.96. The highest BCUT2D eigenvalue weighted by molar-refractivity contribution is 5.90. The summed E-state index contributed by atoms with van der Waals surface area (Å²) in [4.78, 5) is 26.5. The first kappa shape index (κ1) is 21.4. The van der Waals surface area contributed by atoms with Crippen LogP contribution in [0.25, 0.3) is 0 Å². The van der Waals surface area contributed by atoms with Crippen molar-refractivity contribution in [2.24, 2.45) is 0 Å². The topological polar surface area (TPSA) is 79.9 Å². The van der Waals surface area contributed by atoms with Crippen molar-refractivity contribution in [3.05, 3.63) is 53.3 Å². The van der Waals surface area contributed by atoms with Crippen molar-refractivity contribution in [2.75, 3.05) is 32.6 Å². The Bertz CT molecular complexity index is 935. The maximum absolute atomic E-state index is 13.5. The Labute approximate surface area is 175 Å². The van der Waals surface area contributed by atoms with E-state index in [2.05, 4.69) is 10.6 Å². The van der Waals surface area contributed by atoms with E-state index in [1.54, 1.807) is 32.1 Å². The number of urea groups is 1. The molecule has 0 saturated carbocycles. The van der Waals surface area contributed by atoms with Crippen LogP contribution in [0.3, 0.4) is 0 Å². The largest absolute Gasteiger partial charge is 0.493 e. The van der Waals surface area contributed by atoms with Gasteiger partial charge >= 0.3 is 6.03 Å². The van der Waals surface area contributed by atoms with Gasteiger partial charge in [0.15, 0.2) is 11.5 Å². The first-order chi connectivity index (χ1) is 14.5. The van der Waals surface area contributed by atoms with Gasteiger partial charge in [-0.2, -0.15) is 0 Å². The highest BCUT2D eigenvalue weighted by Crippen LogP contribution is 2.38. The van der Waals surface area contributed by atoms with Gasteiger partial charge in [-0.3, -0.25) is 4.79 Å². The van der Waals surface area contributed by atoms with Crippen molar-refractivity contribution in [2.45, 2.75) is 25.8 Å². The van der Waals surface area contributed by atoms with Crippen LogP contribution in [0.2, 0.25) is 0 Å². The number of carbonyl (C=O) groups is 2. The monoisotopic (exact) mass is 415 g/mol. The third-order valence-electron chi connectivity index (χ3n) is 5.15. The van der Waals surface area contributed by atoms with Gasteiger partial charge in [-0.15, -0.1) is 0 Å². The van der Waals surface area contributed by atoms with Crippen molar-refractivity contribution in [1.82, 2.24) is 10.2 Å². The number of rotatable bonds is 6. The van der Waals surface area contributed by atoms with Crippen LogP contribution >= 0.6 is 0 Å². The van der Waals surface area contributed by atoms with E-state index in [0.29, 0.717) is 36.6 Å². The minimum Gasteiger partial charge on any atom is -0.493 e. The number of nitrogens with zero attached hydrogens (tertiary/aromatic N) is 1. The van der Waals surface area contributed by atoms with E-state index >= 15 is 0 Å². The molecule has 0 unspecified atom stereocenters. The summed E-state index contributed by atoms with van der Waals surface area (Å²) in [6.07, 6.45) is 0.964. The number of fused-ring (bicyclic) bond motifs is 1. The van der Waals surface area contributed by atoms with Gasteiger partial charge in [0.2, 0.25) is 5.91 Å². The molecule has 0 aromatic heterocycles. The molecule has 0 bridgehead atoms. The van der Waals surface area contributed by atoms with Crippen LogP contribution in [-0.2, 0) is 11.2 Å². The summed E-state index contributed by atoms with van der Waals surface area (Å²) in [6.45, 7) is 2.47. The van der Waals surface area contributed by atoms with Gasteiger partial charge in [-0.05, 0) is 47.9 Å². The number of amides is 3. The number of carbonyl (C=O) groups excluding carboxylic acids is 2. The minimum absolute atomic E-state index is 0.104. The highest BCUT2D eigenvalue weighted by atomic mass is 19.1. The van der Waals surface area contributed by atoms with E-state index in [9.17, 15) is 14.0 Å². The molecular weight excluding hydrogens is 389 g/mol. The second-order valence-corrected chi connectivity index (χ2v) is 6.96. The van der Waals surface area contributed by atoms with Crippen molar-refractivity contribution in [1.29, 1.82) is 0 Å². The number of ether oxygens (including phenoxy) is 2. The van der Waals surface area contributed by atoms with Crippen molar-refractivity contribution < 1.29 is 23.5 Å². The van der Waals surface area contributed by atoms with E-state index in [-0.39, 0.29) is 18.5 Å². The normalized spacial score (nSPS) is 15.2. The zero-order chi connectivity index (χ0) is 21.7. The van der Waals surface area contributed by atoms with Crippen LogP contribution in [0.1, 0.15) is 30.5 Å². The molecule has 2 aromatic carbocycles. The minimum atomic E-state index is -0.430. The maximum Gasteiger partial charge on any atom is 0.322 e. The molecule has 3 amide bonds. The summed E-state index contributed by atoms with van der Waals surface area (Å²) < 4.78 is 24.3. The van der Waals surface area contributed by atoms with E-state index in [0.717, 1.165) is 11.1 Å². The average Bonchev–Trinajstić information content (AvgIpc) is 2.75. The Balaban J connectivity index is 1.92. The SMILES string of the molecule is CCC(=O)NC[C@@H]1c2cc(OC)c(OC)cc2CCN1C(=O)Nc1cccc(F)c1. The Morgan fingerprint density at radius 3 is 2.57 bits per heavy atom. The number of nitrogens with one attached hydrogen (secondary N) is 2. The van der Waals surface area contributed by atoms with Gasteiger partial charge < -0.3 is 25.0 Å². The first-order valence-corrected chi connectivity index (χ1v) is 9.81. The zero-order valence-electron chi connectivity index (χ0n) is 17.3. The molecule has 1 aliphatic heterocycles. The molecule has 7 nitrogen and oxygen atoms in total. The predicted octanol–water partition coefficient (Wildman–Crippen LogP) is 3.50. The standard InChI is InChI=1S/C22H26FN3O4/c1-4-21(27)24-13-18-17-12-20(30-3)19(29-2)10-14(17)8-9-26(18)22(28)25-16-7-5-6-15(23)11-16/h5-7,10-12,18H,4,8-9,13H2,1-3H3,(H,24,27)(H,25,28)/t18-/m1/s1. The van der Waals surface area contributed by atoms with Gasteiger partial charge in [0.1, 0.15) is 5.82 Å². The number of methoxy groups -OCH3 is 2. The number of benzene rings is 2. The van der Waals surface area contributed by atoms with Crippen molar-refractivity contribution in [3.63, 3.8) is 0 Å². The summed E-state index contributed by atoms with van der Waals surface area (Å²) in [5.74, 6) is 0.634. The summed E-state index contributed by atoms with van der Waals surface area (Å²) >= 11 is 0. The van der Waals surface area contributed by atoms with Gasteiger partial charge in [0.25, 0.3) is 0 Å². The molecule has 1 aliphatic rings. The van der Waals surface area contributed by atoms with Crippen LogP contribution in [0, 0.1) is 5.82 Å². The van der Waals surface area contributed by atoms with Gasteiger partial charge in [-0.1, -0.05) is 13.0 Å². The Morgan fingerprint density at radius 1 is 1.17 bits per heavy atom. The van der Waals surface area contributed by atoms with Crippen LogP contribution in [-0.4, -0.2) is 44.1 Å². The molecule has 3 rings (SSSR count). The summed E-state index contributed by atoms with van der Waals surface area (Å²) in [7, 11) is 3.13. The molecule has 1 atom stereocenters. The zero-order valence-corrected chi connectivity index (χ0v) is 17.3. The molecule has 0 saturated heterocycles. The fraction of sp³-hybridized carbons (Fsp3) is 0.364. The smallest absolute Gasteiger partial charge is 0.322 e. The molecule has 0 aliphatic carbocycles. The molecule has 1 heterocycles. The quantitative estimate of drug-likeness (QED) is 0.757. The molecule has 8 heteroatoms. The lowest BCUT2D eigenvalue weighted by Gasteiger charge is -2.37. The Hall–Kier alpha value is -3.29. The molecule has 160 valence electrons. The van der Waals surface area contributed by atoms with E-state index < -0.39 is 11.9 Å². The van der Waals surface area contributed by atoms with Crippen LogP contribution in [0.4, 0.5) is 14.9 Å². The van der Waals surface area contributed by atoms with E-state index in [4.69, 9.17) is 9.47 Å². The molecular formula is C22H26FN3O4. The van der Waals surface area contributed by atoms with Crippen LogP contribution in [0.5, 0.6) is 11.5 Å². The fourth-order valence-electron chi connectivity index (χ4n) is 3.59. The lowest BCUT2D eigenvalue weighted by atomic mass is 9.91. The third kappa shape index (κ3) is 4.64. The van der Waals surface area contributed by atoms with Gasteiger partial charge in [0.05, 0.1) is 20.3 Å². The lowest BCUT2D eigenvalue weighted by Crippen LogP contribution is -2.46. The number of halogens is 1. The number of anilines is 1. The molecule has 0 radical (unpaired) electrons. The molecule has 2 N–H and O–H groups in total. The van der Waals surface area contributed by atoms with E-state index in [1.165, 1.54) is 18.2 Å². The second kappa shape index (κ2) is 9.47. The molecule has 0 spiro atoms. The van der Waals surface area contributed by atoms with Crippen molar-refractivity contribution >= 4 is 17.6 Å². The average molecular weight is 415 g/mol. The summed E-state index contributed by atoms with van der Waals surface area (Å²) in [5, 5.41) is 5.62. The summed E-state index contributed by atoms with van der Waals surface area (Å²) in [5.41, 5.74) is 2.28. The maximum atomic E-state index is 13.5. The first-order valence-electron chi connectivity index (χ1n) is 9.81. The molecule has 30 heavy (non-hydrogen) atoms. The van der Waals surface area contributed by atoms with E-state index in [1.807, 2.05) is 12.1 Å². The van der Waals surface area contributed by atoms with Crippen LogP contribution < -0.4 is 20.1 Å². The Morgan fingerprint density at radius 2 is 1.90 bits per heavy atom. The fourth-order valence-corrected chi connectivity index (χ4v) is 3.59. The van der Waals surface area contributed by atoms with Crippen LogP contribution in [0.15, 0.2) is 36.4 Å². The predicted molar refractivity (Wildman–Crippen MR) is 111 cm³/mol. The number of hydrogen-bond acceptors (Lipinski definition) is 4. The Kier molecular flexibility index (Phi) is 6.76.